The lowest BCUT2D eigenvalue weighted by Crippen LogP contribution is -2.25. The average molecular weight is 457 g/mol. The summed E-state index contributed by atoms with van der Waals surface area (Å²) in [5.74, 6) is 2.68. The van der Waals surface area contributed by atoms with E-state index in [1.807, 2.05) is 23.9 Å². The summed E-state index contributed by atoms with van der Waals surface area (Å²) < 4.78 is 16.3. The van der Waals surface area contributed by atoms with Gasteiger partial charge in [-0.25, -0.2) is 0 Å². The molecule has 0 bridgehead atoms. The minimum absolute atomic E-state index is 0.385. The molecule has 0 N–H and O–H groups in total. The number of rotatable bonds is 9. The Morgan fingerprint density at radius 1 is 0.576 bits per heavy atom. The highest BCUT2D eigenvalue weighted by Crippen LogP contribution is 2.50. The molecule has 3 nitrogen and oxygen atoms in total. The van der Waals surface area contributed by atoms with Crippen molar-refractivity contribution in [3.63, 3.8) is 0 Å². The normalized spacial score (nSPS) is 11.1. The van der Waals surface area contributed by atoms with Gasteiger partial charge >= 0.3 is 0 Å². The Morgan fingerprint density at radius 2 is 0.970 bits per heavy atom. The van der Waals surface area contributed by atoms with Crippen molar-refractivity contribution in [3.05, 3.63) is 125 Å². The lowest BCUT2D eigenvalue weighted by Gasteiger charge is -2.35. The van der Waals surface area contributed by atoms with Gasteiger partial charge in [-0.15, -0.1) is 11.8 Å². The molecule has 0 amide bonds. The molecule has 0 saturated carbocycles. The number of hydrogen-bond donors (Lipinski definition) is 0. The monoisotopic (exact) mass is 456 g/mol. The molecule has 0 saturated heterocycles. The SMILES string of the molecule is COc1cc(CSC(c2ccccc2)(c2ccccc2)c2ccccc2)cc(OC)c1OC. The highest BCUT2D eigenvalue weighted by atomic mass is 32.2. The second kappa shape index (κ2) is 10.5. The van der Waals surface area contributed by atoms with E-state index in [0.29, 0.717) is 17.2 Å². The summed E-state index contributed by atoms with van der Waals surface area (Å²) in [7, 11) is 4.92. The van der Waals surface area contributed by atoms with E-state index in [1.165, 1.54) is 16.7 Å². The topological polar surface area (TPSA) is 27.7 Å². The summed E-state index contributed by atoms with van der Waals surface area (Å²) >= 11 is 1.88. The summed E-state index contributed by atoms with van der Waals surface area (Å²) in [4.78, 5) is 0. The van der Waals surface area contributed by atoms with Crippen molar-refractivity contribution < 1.29 is 14.2 Å². The van der Waals surface area contributed by atoms with Crippen molar-refractivity contribution in [2.24, 2.45) is 0 Å². The van der Waals surface area contributed by atoms with Gasteiger partial charge in [-0.3, -0.25) is 0 Å². The second-order valence-corrected chi connectivity index (χ2v) is 8.79. The second-order valence-electron chi connectivity index (χ2n) is 7.60. The summed E-state index contributed by atoms with van der Waals surface area (Å²) in [6, 6.07) is 36.2. The molecule has 33 heavy (non-hydrogen) atoms. The molecule has 4 aromatic rings. The van der Waals surface area contributed by atoms with Crippen LogP contribution < -0.4 is 14.2 Å². The first kappa shape index (κ1) is 22.8. The summed E-state index contributed by atoms with van der Waals surface area (Å²) in [5.41, 5.74) is 4.81. The maximum Gasteiger partial charge on any atom is 0.203 e. The van der Waals surface area contributed by atoms with Crippen LogP contribution in [0.1, 0.15) is 22.3 Å². The van der Waals surface area contributed by atoms with Crippen LogP contribution >= 0.6 is 11.8 Å². The minimum atomic E-state index is -0.385. The van der Waals surface area contributed by atoms with Gasteiger partial charge in [0, 0.05) is 5.75 Å². The molecule has 168 valence electrons. The van der Waals surface area contributed by atoms with Crippen LogP contribution in [-0.2, 0) is 10.5 Å². The first-order valence-electron chi connectivity index (χ1n) is 10.8. The zero-order chi connectivity index (χ0) is 23.1. The molecule has 0 spiro atoms. The van der Waals surface area contributed by atoms with Crippen molar-refractivity contribution in [1.82, 2.24) is 0 Å². The highest BCUT2D eigenvalue weighted by molar-refractivity contribution is 7.99. The van der Waals surface area contributed by atoms with Crippen LogP contribution in [0.5, 0.6) is 17.2 Å². The zero-order valence-electron chi connectivity index (χ0n) is 19.2. The molecule has 0 aliphatic rings. The lowest BCUT2D eigenvalue weighted by molar-refractivity contribution is 0.324. The van der Waals surface area contributed by atoms with E-state index in [2.05, 4.69) is 91.0 Å². The summed E-state index contributed by atoms with van der Waals surface area (Å²) in [6.07, 6.45) is 0. The highest BCUT2D eigenvalue weighted by Gasteiger charge is 2.37. The van der Waals surface area contributed by atoms with Crippen LogP contribution in [0.25, 0.3) is 0 Å². The third kappa shape index (κ3) is 4.57. The van der Waals surface area contributed by atoms with E-state index < -0.39 is 0 Å². The Morgan fingerprint density at radius 3 is 1.30 bits per heavy atom. The van der Waals surface area contributed by atoms with Gasteiger partial charge in [0.1, 0.15) is 0 Å². The van der Waals surface area contributed by atoms with Crippen molar-refractivity contribution >= 4 is 11.8 Å². The van der Waals surface area contributed by atoms with Crippen LogP contribution in [-0.4, -0.2) is 21.3 Å². The quantitative estimate of drug-likeness (QED) is 0.255. The number of ether oxygens (including phenoxy) is 3. The molecule has 0 unspecified atom stereocenters. The Hall–Kier alpha value is -3.37. The van der Waals surface area contributed by atoms with E-state index in [9.17, 15) is 0 Å². The third-order valence-electron chi connectivity index (χ3n) is 5.72. The molecule has 0 atom stereocenters. The lowest BCUT2D eigenvalue weighted by atomic mass is 9.84. The van der Waals surface area contributed by atoms with Crippen molar-refractivity contribution in [2.45, 2.75) is 10.5 Å². The molecule has 0 aliphatic heterocycles. The van der Waals surface area contributed by atoms with E-state index in [1.54, 1.807) is 21.3 Å². The third-order valence-corrected chi connectivity index (χ3v) is 7.34. The summed E-state index contributed by atoms with van der Waals surface area (Å²) in [5, 5.41) is 0. The number of thioether (sulfide) groups is 1. The van der Waals surface area contributed by atoms with Crippen LogP contribution in [0.2, 0.25) is 0 Å². The van der Waals surface area contributed by atoms with Gasteiger partial charge in [0.15, 0.2) is 11.5 Å². The number of methoxy groups -OCH3 is 3. The molecule has 4 heteroatoms. The van der Waals surface area contributed by atoms with Crippen molar-refractivity contribution in [1.29, 1.82) is 0 Å². The van der Waals surface area contributed by atoms with Crippen molar-refractivity contribution in [2.75, 3.05) is 21.3 Å². The van der Waals surface area contributed by atoms with Gasteiger partial charge in [-0.2, -0.15) is 0 Å². The van der Waals surface area contributed by atoms with Crippen LogP contribution in [0, 0.1) is 0 Å². The Bertz CT molecular complexity index is 1040. The van der Waals surface area contributed by atoms with Gasteiger partial charge in [-0.1, -0.05) is 91.0 Å². The smallest absolute Gasteiger partial charge is 0.203 e. The van der Waals surface area contributed by atoms with Gasteiger partial charge in [-0.05, 0) is 34.4 Å². The fourth-order valence-electron chi connectivity index (χ4n) is 4.18. The molecule has 0 radical (unpaired) electrons. The molecule has 4 rings (SSSR count). The Labute approximate surface area is 200 Å². The first-order valence-corrected chi connectivity index (χ1v) is 11.8. The molecule has 0 fully saturated rings. The molecule has 4 aromatic carbocycles. The summed E-state index contributed by atoms with van der Waals surface area (Å²) in [6.45, 7) is 0. The van der Waals surface area contributed by atoms with E-state index in [-0.39, 0.29) is 4.75 Å². The fraction of sp³-hybridized carbons (Fsp3) is 0.172. The predicted octanol–water partition coefficient (Wildman–Crippen LogP) is 6.94. The van der Waals surface area contributed by atoms with Gasteiger partial charge < -0.3 is 14.2 Å². The minimum Gasteiger partial charge on any atom is -0.493 e. The maximum atomic E-state index is 5.59. The van der Waals surface area contributed by atoms with Crippen LogP contribution in [0.3, 0.4) is 0 Å². The number of benzene rings is 4. The standard InChI is InChI=1S/C29H28O3S/c1-30-26-19-22(20-27(31-2)28(26)32-3)21-33-29(23-13-7-4-8-14-23,24-15-9-5-10-16-24)25-17-11-6-12-18-25/h4-20H,21H2,1-3H3. The van der Waals surface area contributed by atoms with Crippen LogP contribution in [0.4, 0.5) is 0 Å². The molecule has 0 aliphatic carbocycles. The Balaban J connectivity index is 1.85. The van der Waals surface area contributed by atoms with E-state index in [4.69, 9.17) is 14.2 Å². The first-order chi connectivity index (χ1) is 16.2. The molecule has 0 aromatic heterocycles. The Kier molecular flexibility index (Phi) is 7.26. The number of hydrogen-bond acceptors (Lipinski definition) is 4. The average Bonchev–Trinajstić information content (AvgIpc) is 2.90. The van der Waals surface area contributed by atoms with Crippen LogP contribution in [0.15, 0.2) is 103 Å². The molecular formula is C29H28O3S. The van der Waals surface area contributed by atoms with Gasteiger partial charge in [0.05, 0.1) is 26.1 Å². The van der Waals surface area contributed by atoms with Gasteiger partial charge in [0.25, 0.3) is 0 Å². The van der Waals surface area contributed by atoms with E-state index >= 15 is 0 Å². The zero-order valence-corrected chi connectivity index (χ0v) is 20.0. The molecular weight excluding hydrogens is 428 g/mol. The maximum absolute atomic E-state index is 5.59. The van der Waals surface area contributed by atoms with Gasteiger partial charge in [0.2, 0.25) is 5.75 Å². The predicted molar refractivity (Wildman–Crippen MR) is 137 cm³/mol. The molecule has 0 heterocycles. The fourth-order valence-corrected chi connectivity index (χ4v) is 5.64. The van der Waals surface area contributed by atoms with Crippen molar-refractivity contribution in [3.8, 4) is 17.2 Å². The van der Waals surface area contributed by atoms with E-state index in [0.717, 1.165) is 11.3 Å². The largest absolute Gasteiger partial charge is 0.493 e.